The van der Waals surface area contributed by atoms with E-state index in [0.29, 0.717) is 0 Å². The third kappa shape index (κ3) is 1.41. The highest BCUT2D eigenvalue weighted by atomic mass is 16.3. The number of fused-ring (bicyclic) bond motifs is 1. The summed E-state index contributed by atoms with van der Waals surface area (Å²) in [6.07, 6.45) is 4.10. The molecule has 82 valence electrons. The van der Waals surface area contributed by atoms with Crippen LogP contribution in [0.2, 0.25) is 0 Å². The first-order valence-corrected chi connectivity index (χ1v) is 5.71. The number of aromatic nitrogens is 1. The molecule has 2 nitrogen and oxygen atoms in total. The predicted molar refractivity (Wildman–Crippen MR) is 64.5 cm³/mol. The summed E-state index contributed by atoms with van der Waals surface area (Å²) in [7, 11) is 0. The molecule has 0 spiro atoms. The van der Waals surface area contributed by atoms with Gasteiger partial charge in [0, 0.05) is 17.0 Å². The molecule has 0 saturated heterocycles. The van der Waals surface area contributed by atoms with Gasteiger partial charge in [0.05, 0.1) is 12.1 Å². The third-order valence-electron chi connectivity index (χ3n) is 3.59. The van der Waals surface area contributed by atoms with Crippen LogP contribution in [-0.4, -0.2) is 16.7 Å². The Bertz CT molecular complexity index is 543. The molecule has 0 radical (unpaired) electrons. The summed E-state index contributed by atoms with van der Waals surface area (Å²) >= 11 is 0. The van der Waals surface area contributed by atoms with E-state index in [0.717, 1.165) is 18.4 Å². The SMILES string of the molecule is Cc1cnc2ccc(C3(CO)CC3)cc2c1. The van der Waals surface area contributed by atoms with E-state index in [1.165, 1.54) is 16.5 Å². The van der Waals surface area contributed by atoms with Crippen LogP contribution in [0.3, 0.4) is 0 Å². The number of rotatable bonds is 2. The average Bonchev–Trinajstić information content (AvgIpc) is 3.09. The van der Waals surface area contributed by atoms with Gasteiger partial charge in [-0.25, -0.2) is 0 Å². The molecule has 2 heteroatoms. The van der Waals surface area contributed by atoms with Crippen LogP contribution in [0.1, 0.15) is 24.0 Å². The number of benzene rings is 1. The van der Waals surface area contributed by atoms with Crippen LogP contribution in [-0.2, 0) is 5.41 Å². The minimum atomic E-state index is 0.0535. The van der Waals surface area contributed by atoms with Crippen molar-refractivity contribution in [2.75, 3.05) is 6.61 Å². The normalized spacial score (nSPS) is 17.6. The van der Waals surface area contributed by atoms with Crippen LogP contribution >= 0.6 is 0 Å². The molecule has 16 heavy (non-hydrogen) atoms. The number of aryl methyl sites for hydroxylation is 1. The maximum absolute atomic E-state index is 9.42. The van der Waals surface area contributed by atoms with E-state index in [-0.39, 0.29) is 12.0 Å². The number of aliphatic hydroxyl groups is 1. The first kappa shape index (κ1) is 9.79. The summed E-state index contributed by atoms with van der Waals surface area (Å²) in [6.45, 7) is 2.32. The lowest BCUT2D eigenvalue weighted by molar-refractivity contribution is 0.255. The molecule has 1 aliphatic carbocycles. The number of hydrogen-bond acceptors (Lipinski definition) is 2. The van der Waals surface area contributed by atoms with Gasteiger partial charge in [-0.1, -0.05) is 6.07 Å². The van der Waals surface area contributed by atoms with Gasteiger partial charge < -0.3 is 5.11 Å². The Balaban J connectivity index is 2.15. The molecule has 1 aromatic heterocycles. The van der Waals surface area contributed by atoms with Gasteiger partial charge in [0.15, 0.2) is 0 Å². The van der Waals surface area contributed by atoms with E-state index in [1.54, 1.807) is 0 Å². The largest absolute Gasteiger partial charge is 0.395 e. The molecule has 0 atom stereocenters. The third-order valence-corrected chi connectivity index (χ3v) is 3.59. The van der Waals surface area contributed by atoms with Crippen molar-refractivity contribution >= 4 is 10.9 Å². The predicted octanol–water partition coefficient (Wildman–Crippen LogP) is 2.57. The van der Waals surface area contributed by atoms with E-state index in [1.807, 2.05) is 6.20 Å². The highest BCUT2D eigenvalue weighted by Crippen LogP contribution is 2.48. The van der Waals surface area contributed by atoms with Gasteiger partial charge in [-0.15, -0.1) is 0 Å². The number of nitrogens with zero attached hydrogens (tertiary/aromatic N) is 1. The van der Waals surface area contributed by atoms with Crippen LogP contribution in [0.5, 0.6) is 0 Å². The van der Waals surface area contributed by atoms with Crippen molar-refractivity contribution in [3.05, 3.63) is 41.6 Å². The fourth-order valence-corrected chi connectivity index (χ4v) is 2.26. The minimum absolute atomic E-state index is 0.0535. The molecular weight excluding hydrogens is 198 g/mol. The second-order valence-corrected chi connectivity index (χ2v) is 4.86. The molecule has 3 rings (SSSR count). The van der Waals surface area contributed by atoms with E-state index in [9.17, 15) is 5.11 Å². The molecule has 1 aliphatic rings. The fourth-order valence-electron chi connectivity index (χ4n) is 2.26. The first-order chi connectivity index (χ1) is 7.73. The monoisotopic (exact) mass is 213 g/mol. The Morgan fingerprint density at radius 1 is 1.31 bits per heavy atom. The minimum Gasteiger partial charge on any atom is -0.395 e. The molecule has 0 unspecified atom stereocenters. The van der Waals surface area contributed by atoms with Gasteiger partial charge in [0.25, 0.3) is 0 Å². The molecule has 1 N–H and O–H groups in total. The van der Waals surface area contributed by atoms with Crippen molar-refractivity contribution in [1.82, 2.24) is 4.98 Å². The van der Waals surface area contributed by atoms with E-state index in [2.05, 4.69) is 36.2 Å². The molecule has 2 aromatic rings. The summed E-state index contributed by atoms with van der Waals surface area (Å²) in [4.78, 5) is 4.39. The van der Waals surface area contributed by atoms with Crippen LogP contribution in [0.4, 0.5) is 0 Å². The lowest BCUT2D eigenvalue weighted by Gasteiger charge is -2.12. The molecule has 0 bridgehead atoms. The van der Waals surface area contributed by atoms with Gasteiger partial charge in [-0.05, 0) is 49.1 Å². The van der Waals surface area contributed by atoms with Gasteiger partial charge in [0.1, 0.15) is 0 Å². The fraction of sp³-hybridized carbons (Fsp3) is 0.357. The van der Waals surface area contributed by atoms with E-state index in [4.69, 9.17) is 0 Å². The summed E-state index contributed by atoms with van der Waals surface area (Å²) in [6, 6.07) is 8.49. The number of hydrogen-bond donors (Lipinski definition) is 1. The van der Waals surface area contributed by atoms with E-state index < -0.39 is 0 Å². The van der Waals surface area contributed by atoms with Gasteiger partial charge >= 0.3 is 0 Å². The smallest absolute Gasteiger partial charge is 0.0702 e. The summed E-state index contributed by atoms with van der Waals surface area (Å²) in [5, 5.41) is 10.6. The van der Waals surface area contributed by atoms with Gasteiger partial charge in [-0.2, -0.15) is 0 Å². The maximum Gasteiger partial charge on any atom is 0.0702 e. The highest BCUT2D eigenvalue weighted by Gasteiger charge is 2.43. The average molecular weight is 213 g/mol. The Kier molecular flexibility index (Phi) is 2.01. The van der Waals surface area contributed by atoms with Crippen molar-refractivity contribution in [1.29, 1.82) is 0 Å². The second kappa shape index (κ2) is 3.29. The maximum atomic E-state index is 9.42. The molecule has 1 saturated carbocycles. The van der Waals surface area contributed by atoms with Crippen LogP contribution in [0.25, 0.3) is 10.9 Å². The van der Waals surface area contributed by atoms with Crippen molar-refractivity contribution in [3.8, 4) is 0 Å². The standard InChI is InChI=1S/C14H15NO/c1-10-6-11-7-12(14(9-16)4-5-14)2-3-13(11)15-8-10/h2-3,6-8,16H,4-5,9H2,1H3. The number of pyridine rings is 1. The Morgan fingerprint density at radius 2 is 2.12 bits per heavy atom. The Morgan fingerprint density at radius 3 is 2.81 bits per heavy atom. The molecular formula is C14H15NO. The zero-order valence-electron chi connectivity index (χ0n) is 9.40. The zero-order chi connectivity index (χ0) is 11.2. The van der Waals surface area contributed by atoms with Gasteiger partial charge in [0.2, 0.25) is 0 Å². The van der Waals surface area contributed by atoms with Crippen molar-refractivity contribution < 1.29 is 5.11 Å². The van der Waals surface area contributed by atoms with Crippen LogP contribution in [0.15, 0.2) is 30.5 Å². The highest BCUT2D eigenvalue weighted by molar-refractivity contribution is 5.80. The van der Waals surface area contributed by atoms with Crippen molar-refractivity contribution in [2.45, 2.75) is 25.2 Å². The van der Waals surface area contributed by atoms with E-state index >= 15 is 0 Å². The molecule has 0 amide bonds. The topological polar surface area (TPSA) is 33.1 Å². The lowest BCUT2D eigenvalue weighted by Crippen LogP contribution is -2.11. The quantitative estimate of drug-likeness (QED) is 0.831. The number of aliphatic hydroxyl groups excluding tert-OH is 1. The Labute approximate surface area is 94.9 Å². The molecule has 1 heterocycles. The van der Waals surface area contributed by atoms with Crippen molar-refractivity contribution in [2.24, 2.45) is 0 Å². The summed E-state index contributed by atoms with van der Waals surface area (Å²) in [5.41, 5.74) is 3.52. The summed E-state index contributed by atoms with van der Waals surface area (Å²) in [5.74, 6) is 0. The van der Waals surface area contributed by atoms with Crippen LogP contribution < -0.4 is 0 Å². The van der Waals surface area contributed by atoms with Crippen LogP contribution in [0, 0.1) is 6.92 Å². The lowest BCUT2D eigenvalue weighted by atomic mass is 9.95. The zero-order valence-corrected chi connectivity index (χ0v) is 9.40. The second-order valence-electron chi connectivity index (χ2n) is 4.86. The molecule has 0 aliphatic heterocycles. The molecule has 1 fully saturated rings. The van der Waals surface area contributed by atoms with Crippen molar-refractivity contribution in [3.63, 3.8) is 0 Å². The first-order valence-electron chi connectivity index (χ1n) is 5.71. The van der Waals surface area contributed by atoms with Gasteiger partial charge in [-0.3, -0.25) is 4.98 Å². The molecule has 1 aromatic carbocycles. The summed E-state index contributed by atoms with van der Waals surface area (Å²) < 4.78 is 0. The Hall–Kier alpha value is -1.41.